The molecule has 7 rings (SSSR count). The van der Waals surface area contributed by atoms with Crippen LogP contribution >= 0.6 is 0 Å². The number of hydrogen-bond donors (Lipinski definition) is 2. The predicted molar refractivity (Wildman–Crippen MR) is 161 cm³/mol. The van der Waals surface area contributed by atoms with Crippen molar-refractivity contribution in [2.75, 3.05) is 44.7 Å². The number of amides is 2. The van der Waals surface area contributed by atoms with E-state index >= 15 is 0 Å². The first-order valence-corrected chi connectivity index (χ1v) is 14.1. The molecular formula is C33H31N5O3. The summed E-state index contributed by atoms with van der Waals surface area (Å²) in [6.45, 7) is 4.68. The van der Waals surface area contributed by atoms with Crippen molar-refractivity contribution in [2.24, 2.45) is 0 Å². The number of carbonyl (C=O) groups excluding carboxylic acids is 2. The fraction of sp³-hybridized carbons (Fsp3) is 0.242. The molecule has 0 unspecified atom stereocenters. The number of imide groups is 1. The molecule has 1 aromatic heterocycles. The van der Waals surface area contributed by atoms with Crippen LogP contribution in [0.5, 0.6) is 5.75 Å². The Bertz CT molecular complexity index is 1780. The van der Waals surface area contributed by atoms with E-state index in [1.165, 1.54) is 5.69 Å². The Morgan fingerprint density at radius 3 is 2.54 bits per heavy atom. The molecule has 41 heavy (non-hydrogen) atoms. The zero-order chi connectivity index (χ0) is 27.9. The Labute approximate surface area is 237 Å². The van der Waals surface area contributed by atoms with Gasteiger partial charge in [-0.25, -0.2) is 4.98 Å². The van der Waals surface area contributed by atoms with Crippen LogP contribution < -0.4 is 15.0 Å². The fourth-order valence-electron chi connectivity index (χ4n) is 5.89. The monoisotopic (exact) mass is 545 g/mol. The van der Waals surface area contributed by atoms with Gasteiger partial charge in [0, 0.05) is 43.0 Å². The van der Waals surface area contributed by atoms with Crippen molar-refractivity contribution in [2.45, 2.75) is 12.8 Å². The molecule has 2 bridgehead atoms. The number of H-pyrrole nitrogens is 1. The standard InChI is InChI=1S/C33H31N5O3/c1-37-14-16-38(17-15-37)23-10-13-28-29(20-23)35-31(34-28)21-8-11-24(12-9-21)41-18-4-7-26-27-19-22-5-2-3-6-25(22)30(26)33(40)36-32(27)39/h2-3,5-6,8-13,19-20H,4,7,14-18H2,1H3,(H,34,35)(H,36,39,40). The quantitative estimate of drug-likeness (QED) is 0.220. The van der Waals surface area contributed by atoms with Crippen molar-refractivity contribution in [3.8, 4) is 17.1 Å². The van der Waals surface area contributed by atoms with Gasteiger partial charge in [0.25, 0.3) is 11.8 Å². The van der Waals surface area contributed by atoms with Crippen molar-refractivity contribution < 1.29 is 14.3 Å². The minimum Gasteiger partial charge on any atom is -0.494 e. The molecule has 0 spiro atoms. The lowest BCUT2D eigenvalue weighted by atomic mass is 9.88. The van der Waals surface area contributed by atoms with Crippen LogP contribution in [-0.2, 0) is 6.42 Å². The van der Waals surface area contributed by atoms with Crippen LogP contribution in [0.4, 0.5) is 5.69 Å². The molecule has 8 nitrogen and oxygen atoms in total. The lowest BCUT2D eigenvalue weighted by Crippen LogP contribution is -2.44. The average Bonchev–Trinajstić information content (AvgIpc) is 3.42. The summed E-state index contributed by atoms with van der Waals surface area (Å²) in [7, 11) is 2.17. The largest absolute Gasteiger partial charge is 0.494 e. The number of likely N-dealkylation sites (N-methyl/N-ethyl adjacent to an activating group) is 1. The zero-order valence-electron chi connectivity index (χ0n) is 22.9. The highest BCUT2D eigenvalue weighted by Crippen LogP contribution is 2.31. The first kappa shape index (κ1) is 25.3. The van der Waals surface area contributed by atoms with Crippen molar-refractivity contribution >= 4 is 39.3 Å². The molecule has 2 amide bonds. The second-order valence-electron chi connectivity index (χ2n) is 10.8. The van der Waals surface area contributed by atoms with Gasteiger partial charge in [0.05, 0.1) is 23.2 Å². The van der Waals surface area contributed by atoms with Crippen molar-refractivity contribution in [3.05, 3.63) is 89.5 Å². The number of carbonyl (C=O) groups is 2. The van der Waals surface area contributed by atoms with E-state index in [1.807, 2.05) is 54.6 Å². The van der Waals surface area contributed by atoms with E-state index in [2.05, 4.69) is 45.3 Å². The van der Waals surface area contributed by atoms with Gasteiger partial charge >= 0.3 is 0 Å². The van der Waals surface area contributed by atoms with Crippen LogP contribution in [0, 0.1) is 0 Å². The van der Waals surface area contributed by atoms with Gasteiger partial charge in [-0.2, -0.15) is 0 Å². The lowest BCUT2D eigenvalue weighted by Gasteiger charge is -2.34. The second-order valence-corrected chi connectivity index (χ2v) is 10.8. The third kappa shape index (κ3) is 4.80. The first-order chi connectivity index (χ1) is 20.0. The Kier molecular flexibility index (Phi) is 6.40. The van der Waals surface area contributed by atoms with Crippen molar-refractivity contribution in [3.63, 3.8) is 0 Å². The maximum Gasteiger partial charge on any atom is 0.259 e. The van der Waals surface area contributed by atoms with Crippen LogP contribution in [0.1, 0.15) is 32.7 Å². The van der Waals surface area contributed by atoms with Gasteiger partial charge in [0.2, 0.25) is 0 Å². The average molecular weight is 546 g/mol. The van der Waals surface area contributed by atoms with E-state index < -0.39 is 0 Å². The molecule has 2 aliphatic rings. The highest BCUT2D eigenvalue weighted by molar-refractivity contribution is 6.22. The van der Waals surface area contributed by atoms with E-state index in [0.717, 1.165) is 70.7 Å². The van der Waals surface area contributed by atoms with Gasteiger partial charge in [0.15, 0.2) is 0 Å². The van der Waals surface area contributed by atoms with E-state index in [1.54, 1.807) is 0 Å². The van der Waals surface area contributed by atoms with E-state index in [9.17, 15) is 9.59 Å². The van der Waals surface area contributed by atoms with Crippen LogP contribution in [0.25, 0.3) is 33.2 Å². The summed E-state index contributed by atoms with van der Waals surface area (Å²) < 4.78 is 6.02. The molecule has 0 radical (unpaired) electrons. The summed E-state index contributed by atoms with van der Waals surface area (Å²) in [5.74, 6) is 0.936. The van der Waals surface area contributed by atoms with Gasteiger partial charge < -0.3 is 19.5 Å². The molecule has 1 fully saturated rings. The lowest BCUT2D eigenvalue weighted by molar-refractivity contribution is 0.0839. The summed E-state index contributed by atoms with van der Waals surface area (Å²) in [6.07, 6.45) is 1.27. The molecular weight excluding hydrogens is 514 g/mol. The molecule has 5 aromatic rings. The fourth-order valence-corrected chi connectivity index (χ4v) is 5.89. The van der Waals surface area contributed by atoms with Crippen LogP contribution in [0.15, 0.2) is 72.8 Å². The summed E-state index contributed by atoms with van der Waals surface area (Å²) in [4.78, 5) is 38.3. The molecule has 8 heteroatoms. The number of fused-ring (bicyclic) bond motifs is 5. The molecule has 0 atom stereocenters. The van der Waals surface area contributed by atoms with Gasteiger partial charge in [0.1, 0.15) is 11.6 Å². The number of piperazine rings is 1. The van der Waals surface area contributed by atoms with Gasteiger partial charge in [-0.05, 0) is 84.8 Å². The number of benzene rings is 4. The molecule has 206 valence electrons. The van der Waals surface area contributed by atoms with E-state index in [0.29, 0.717) is 30.6 Å². The summed E-state index contributed by atoms with van der Waals surface area (Å²) >= 11 is 0. The molecule has 3 heterocycles. The van der Waals surface area contributed by atoms with Gasteiger partial charge in [-0.1, -0.05) is 24.3 Å². The van der Waals surface area contributed by atoms with E-state index in [4.69, 9.17) is 9.72 Å². The molecule has 4 aromatic carbocycles. The minimum absolute atomic E-state index is 0.327. The number of hydrogen-bond acceptors (Lipinski definition) is 6. The number of aromatic amines is 1. The molecule has 2 N–H and O–H groups in total. The van der Waals surface area contributed by atoms with Gasteiger partial charge in [-0.3, -0.25) is 14.9 Å². The summed E-state index contributed by atoms with van der Waals surface area (Å²) in [6, 6.07) is 23.9. The molecule has 0 aliphatic carbocycles. The normalized spacial score (nSPS) is 15.5. The van der Waals surface area contributed by atoms with Crippen molar-refractivity contribution in [1.29, 1.82) is 0 Å². The Morgan fingerprint density at radius 2 is 1.71 bits per heavy atom. The number of nitrogens with zero attached hydrogens (tertiary/aromatic N) is 3. The van der Waals surface area contributed by atoms with Crippen LogP contribution in [-0.4, -0.2) is 66.5 Å². The number of ether oxygens (including phenoxy) is 1. The van der Waals surface area contributed by atoms with Crippen LogP contribution in [0.2, 0.25) is 0 Å². The van der Waals surface area contributed by atoms with Crippen LogP contribution in [0.3, 0.4) is 0 Å². The molecule has 0 saturated carbocycles. The third-order valence-electron chi connectivity index (χ3n) is 8.16. The SMILES string of the molecule is CN1CCN(c2ccc3nc(-c4ccc(OCCCc5c6cc7ccccc7c5C(=O)NC6=O)cc4)[nH]c3c2)CC1. The number of rotatable bonds is 7. The number of nitrogens with one attached hydrogen (secondary N) is 2. The Hall–Kier alpha value is -4.69. The first-order valence-electron chi connectivity index (χ1n) is 14.1. The summed E-state index contributed by atoms with van der Waals surface area (Å²) in [5, 5.41) is 4.24. The third-order valence-corrected chi connectivity index (χ3v) is 8.16. The van der Waals surface area contributed by atoms with Gasteiger partial charge in [-0.15, -0.1) is 0 Å². The topological polar surface area (TPSA) is 90.6 Å². The highest BCUT2D eigenvalue weighted by atomic mass is 16.5. The smallest absolute Gasteiger partial charge is 0.259 e. The number of aromatic nitrogens is 2. The maximum atomic E-state index is 12.7. The minimum atomic E-state index is -0.333. The number of imidazole rings is 1. The Balaban J connectivity index is 1.01. The summed E-state index contributed by atoms with van der Waals surface area (Å²) in [5.41, 5.74) is 6.18. The van der Waals surface area contributed by atoms with Crippen molar-refractivity contribution in [1.82, 2.24) is 20.2 Å². The number of anilines is 1. The second kappa shape index (κ2) is 10.4. The predicted octanol–water partition coefficient (Wildman–Crippen LogP) is 5.03. The Morgan fingerprint density at radius 1 is 0.902 bits per heavy atom. The van der Waals surface area contributed by atoms with E-state index in [-0.39, 0.29) is 11.8 Å². The highest BCUT2D eigenvalue weighted by Gasteiger charge is 2.28. The molecule has 1 saturated heterocycles. The zero-order valence-corrected chi connectivity index (χ0v) is 22.9. The molecule has 2 aliphatic heterocycles. The maximum absolute atomic E-state index is 12.7.